The summed E-state index contributed by atoms with van der Waals surface area (Å²) in [6.07, 6.45) is 3.67. The highest BCUT2D eigenvalue weighted by Gasteiger charge is 2.51. The monoisotopic (exact) mass is 262 g/mol. The van der Waals surface area contributed by atoms with Crippen LogP contribution in [-0.2, 0) is 9.31 Å². The van der Waals surface area contributed by atoms with Crippen LogP contribution in [0.5, 0.6) is 0 Å². The van der Waals surface area contributed by atoms with E-state index in [2.05, 4.69) is 50.6 Å². The second-order valence-corrected chi connectivity index (χ2v) is 6.08. The number of rotatable bonds is 3. The minimum absolute atomic E-state index is 0.315. The molecule has 1 aliphatic rings. The summed E-state index contributed by atoms with van der Waals surface area (Å²) in [5, 5.41) is 0. The molecule has 0 aliphatic carbocycles. The minimum Gasteiger partial charge on any atom is -0.399 e. The highest BCUT2D eigenvalue weighted by molar-refractivity contribution is 6.62. The van der Waals surface area contributed by atoms with Crippen molar-refractivity contribution in [3.63, 3.8) is 0 Å². The zero-order valence-electron chi connectivity index (χ0n) is 12.7. The van der Waals surface area contributed by atoms with Gasteiger partial charge in [-0.1, -0.05) is 0 Å². The summed E-state index contributed by atoms with van der Waals surface area (Å²) < 4.78 is 12.1. The summed E-state index contributed by atoms with van der Waals surface area (Å²) in [5.41, 5.74) is 1.42. The van der Waals surface area contributed by atoms with E-state index in [9.17, 15) is 0 Å². The molecule has 1 saturated heterocycles. The number of pyridine rings is 1. The molecule has 0 bridgehead atoms. The van der Waals surface area contributed by atoms with Crippen molar-refractivity contribution in [3.8, 4) is 0 Å². The lowest BCUT2D eigenvalue weighted by atomic mass is 9.80. The SMILES string of the molecule is CCN(C)c1cncc(B2OC(C)(C)C(C)(C)O2)c1. The average Bonchev–Trinajstić information content (AvgIpc) is 2.58. The van der Waals surface area contributed by atoms with Gasteiger partial charge in [0.25, 0.3) is 0 Å². The first-order chi connectivity index (χ1) is 8.77. The maximum Gasteiger partial charge on any atom is 0.496 e. The molecule has 104 valence electrons. The third-order valence-corrected chi connectivity index (χ3v) is 4.19. The number of hydrogen-bond donors (Lipinski definition) is 0. The Morgan fingerprint density at radius 3 is 2.26 bits per heavy atom. The fraction of sp³-hybridized carbons (Fsp3) is 0.643. The maximum atomic E-state index is 6.04. The Balaban J connectivity index is 2.25. The lowest BCUT2D eigenvalue weighted by molar-refractivity contribution is 0.00578. The number of hydrogen-bond acceptors (Lipinski definition) is 4. The Bertz CT molecular complexity index is 447. The van der Waals surface area contributed by atoms with Gasteiger partial charge in [0.1, 0.15) is 0 Å². The molecule has 1 fully saturated rings. The van der Waals surface area contributed by atoms with Crippen LogP contribution in [0.15, 0.2) is 18.5 Å². The van der Waals surface area contributed by atoms with Crippen molar-refractivity contribution in [1.29, 1.82) is 0 Å². The van der Waals surface area contributed by atoms with Gasteiger partial charge in [0, 0.05) is 25.3 Å². The number of anilines is 1. The van der Waals surface area contributed by atoms with Gasteiger partial charge in [0.15, 0.2) is 0 Å². The van der Waals surface area contributed by atoms with Crippen LogP contribution in [0.1, 0.15) is 34.6 Å². The molecule has 5 heteroatoms. The summed E-state index contributed by atoms with van der Waals surface area (Å²) in [7, 11) is 1.70. The Labute approximate surface area is 116 Å². The van der Waals surface area contributed by atoms with E-state index in [-0.39, 0.29) is 18.3 Å². The highest BCUT2D eigenvalue weighted by Crippen LogP contribution is 2.36. The molecule has 0 saturated carbocycles. The first-order valence-corrected chi connectivity index (χ1v) is 6.78. The largest absolute Gasteiger partial charge is 0.496 e. The van der Waals surface area contributed by atoms with E-state index in [1.165, 1.54) is 0 Å². The molecule has 4 nitrogen and oxygen atoms in total. The summed E-state index contributed by atoms with van der Waals surface area (Å²) in [4.78, 5) is 6.43. The first kappa shape index (κ1) is 14.3. The molecular formula is C14H23BN2O2. The lowest BCUT2D eigenvalue weighted by Gasteiger charge is -2.32. The molecule has 0 radical (unpaired) electrons. The van der Waals surface area contributed by atoms with E-state index in [4.69, 9.17) is 9.31 Å². The molecule has 0 amide bonds. The minimum atomic E-state index is -0.345. The van der Waals surface area contributed by atoms with Crippen molar-refractivity contribution in [2.45, 2.75) is 45.8 Å². The van der Waals surface area contributed by atoms with E-state index in [0.29, 0.717) is 0 Å². The van der Waals surface area contributed by atoms with Crippen LogP contribution >= 0.6 is 0 Å². The Morgan fingerprint density at radius 2 is 1.74 bits per heavy atom. The normalized spacial score (nSPS) is 20.6. The molecule has 1 aromatic rings. The van der Waals surface area contributed by atoms with Gasteiger partial charge in [-0.3, -0.25) is 4.98 Å². The van der Waals surface area contributed by atoms with Crippen LogP contribution in [0, 0.1) is 0 Å². The van der Waals surface area contributed by atoms with Crippen molar-refractivity contribution >= 4 is 18.3 Å². The molecular weight excluding hydrogens is 239 g/mol. The summed E-state index contributed by atoms with van der Waals surface area (Å²) in [5.74, 6) is 0. The zero-order valence-corrected chi connectivity index (χ0v) is 12.7. The second-order valence-electron chi connectivity index (χ2n) is 6.08. The standard InChI is InChI=1S/C14H23BN2O2/c1-7-17(6)12-8-11(9-16-10-12)15-18-13(2,3)14(4,5)19-15/h8-10H,7H2,1-6H3. The predicted octanol–water partition coefficient (Wildman–Crippen LogP) is 1.84. The van der Waals surface area contributed by atoms with Crippen LogP contribution in [0.2, 0.25) is 0 Å². The lowest BCUT2D eigenvalue weighted by Crippen LogP contribution is -2.41. The fourth-order valence-corrected chi connectivity index (χ4v) is 1.94. The molecule has 0 aromatic carbocycles. The van der Waals surface area contributed by atoms with E-state index in [1.54, 1.807) is 0 Å². The Morgan fingerprint density at radius 1 is 1.16 bits per heavy atom. The summed E-state index contributed by atoms with van der Waals surface area (Å²) >= 11 is 0. The fourth-order valence-electron chi connectivity index (χ4n) is 1.94. The maximum absolute atomic E-state index is 6.04. The van der Waals surface area contributed by atoms with Crippen molar-refractivity contribution in [1.82, 2.24) is 4.98 Å². The zero-order chi connectivity index (χ0) is 14.3. The molecule has 2 heterocycles. The molecule has 0 spiro atoms. The Kier molecular flexibility index (Phi) is 3.62. The summed E-state index contributed by atoms with van der Waals surface area (Å²) in [6.45, 7) is 11.3. The van der Waals surface area contributed by atoms with Crippen LogP contribution in [0.25, 0.3) is 0 Å². The van der Waals surface area contributed by atoms with E-state index in [1.807, 2.05) is 19.4 Å². The van der Waals surface area contributed by atoms with E-state index < -0.39 is 0 Å². The molecule has 2 rings (SSSR count). The average molecular weight is 262 g/mol. The molecule has 0 N–H and O–H groups in total. The molecule has 0 unspecified atom stereocenters. The number of nitrogens with zero attached hydrogens (tertiary/aromatic N) is 2. The van der Waals surface area contributed by atoms with Gasteiger partial charge in [-0.25, -0.2) is 0 Å². The third-order valence-electron chi connectivity index (χ3n) is 4.19. The van der Waals surface area contributed by atoms with Gasteiger partial charge in [-0.2, -0.15) is 0 Å². The molecule has 19 heavy (non-hydrogen) atoms. The van der Waals surface area contributed by atoms with Crippen molar-refractivity contribution in [3.05, 3.63) is 18.5 Å². The smallest absolute Gasteiger partial charge is 0.399 e. The van der Waals surface area contributed by atoms with Crippen molar-refractivity contribution in [2.24, 2.45) is 0 Å². The van der Waals surface area contributed by atoms with Crippen molar-refractivity contribution < 1.29 is 9.31 Å². The van der Waals surface area contributed by atoms with Gasteiger partial charge in [-0.15, -0.1) is 0 Å². The van der Waals surface area contributed by atoms with Gasteiger partial charge < -0.3 is 14.2 Å². The Hall–Kier alpha value is -1.07. The van der Waals surface area contributed by atoms with E-state index >= 15 is 0 Å². The van der Waals surface area contributed by atoms with Gasteiger partial charge in [0.2, 0.25) is 0 Å². The summed E-state index contributed by atoms with van der Waals surface area (Å²) in [6, 6.07) is 2.08. The van der Waals surface area contributed by atoms with Gasteiger partial charge in [0.05, 0.1) is 23.1 Å². The van der Waals surface area contributed by atoms with Crippen LogP contribution < -0.4 is 10.4 Å². The molecule has 0 atom stereocenters. The second kappa shape index (κ2) is 4.80. The molecule has 1 aliphatic heterocycles. The quantitative estimate of drug-likeness (QED) is 0.778. The topological polar surface area (TPSA) is 34.6 Å². The molecule has 1 aromatic heterocycles. The van der Waals surface area contributed by atoms with Crippen molar-refractivity contribution in [2.75, 3.05) is 18.5 Å². The third kappa shape index (κ3) is 2.62. The van der Waals surface area contributed by atoms with E-state index in [0.717, 1.165) is 17.7 Å². The predicted molar refractivity (Wildman–Crippen MR) is 78.9 cm³/mol. The first-order valence-electron chi connectivity index (χ1n) is 6.78. The van der Waals surface area contributed by atoms with Crippen LogP contribution in [0.4, 0.5) is 5.69 Å². The van der Waals surface area contributed by atoms with Gasteiger partial charge >= 0.3 is 7.12 Å². The van der Waals surface area contributed by atoms with Crippen LogP contribution in [0.3, 0.4) is 0 Å². The highest BCUT2D eigenvalue weighted by atomic mass is 16.7. The van der Waals surface area contributed by atoms with Crippen LogP contribution in [-0.4, -0.2) is 36.9 Å². The van der Waals surface area contributed by atoms with Gasteiger partial charge in [-0.05, 0) is 40.7 Å². The number of aromatic nitrogens is 1.